The largest absolute Gasteiger partial charge is 0.496 e. The van der Waals surface area contributed by atoms with Crippen LogP contribution in [0.25, 0.3) is 11.1 Å². The molecule has 3 aromatic rings. The average molecular weight is 520 g/mol. The summed E-state index contributed by atoms with van der Waals surface area (Å²) in [5.41, 5.74) is -0.635. The van der Waals surface area contributed by atoms with Crippen molar-refractivity contribution in [3.8, 4) is 28.7 Å². The third kappa shape index (κ3) is 6.24. The van der Waals surface area contributed by atoms with Crippen molar-refractivity contribution in [1.29, 1.82) is 5.26 Å². The number of amides is 1. The molecule has 0 fully saturated rings. The Labute approximate surface area is 210 Å². The molecule has 0 aliphatic heterocycles. The smallest absolute Gasteiger partial charge is 0.433 e. The van der Waals surface area contributed by atoms with Gasteiger partial charge in [-0.25, -0.2) is 0 Å². The van der Waals surface area contributed by atoms with E-state index in [2.05, 4.69) is 10.3 Å². The minimum absolute atomic E-state index is 0.0242. The van der Waals surface area contributed by atoms with Crippen molar-refractivity contribution in [3.05, 3.63) is 76.1 Å². The molecule has 11 heteroatoms. The highest BCUT2D eigenvalue weighted by Crippen LogP contribution is 2.37. The fourth-order valence-corrected chi connectivity index (χ4v) is 3.60. The van der Waals surface area contributed by atoms with Gasteiger partial charge in [0.2, 0.25) is 0 Å². The van der Waals surface area contributed by atoms with Gasteiger partial charge in [-0.2, -0.15) is 18.4 Å². The number of carbonyl (C=O) groups is 1. The number of nitrogens with zero attached hydrogens (tertiary/aromatic N) is 2. The summed E-state index contributed by atoms with van der Waals surface area (Å²) >= 11 is 6.39. The van der Waals surface area contributed by atoms with Gasteiger partial charge < -0.3 is 19.9 Å². The van der Waals surface area contributed by atoms with Crippen LogP contribution in [0.2, 0.25) is 5.02 Å². The highest BCUT2D eigenvalue weighted by atomic mass is 35.5. The zero-order chi connectivity index (χ0) is 26.3. The van der Waals surface area contributed by atoms with E-state index in [4.69, 9.17) is 26.2 Å². The lowest BCUT2D eigenvalue weighted by molar-refractivity contribution is -0.141. The maximum absolute atomic E-state index is 13.2. The van der Waals surface area contributed by atoms with Crippen LogP contribution in [0.3, 0.4) is 0 Å². The van der Waals surface area contributed by atoms with Crippen LogP contribution in [0.5, 0.6) is 11.5 Å². The Balaban J connectivity index is 2.02. The van der Waals surface area contributed by atoms with Crippen molar-refractivity contribution >= 4 is 17.5 Å². The molecule has 7 nitrogen and oxygen atoms in total. The Morgan fingerprint density at radius 2 is 1.94 bits per heavy atom. The Morgan fingerprint density at radius 1 is 1.19 bits per heavy atom. The van der Waals surface area contributed by atoms with E-state index in [0.717, 1.165) is 6.20 Å². The number of hydrogen-bond acceptors (Lipinski definition) is 6. The number of ether oxygens (including phenoxy) is 2. The molecule has 0 unspecified atom stereocenters. The van der Waals surface area contributed by atoms with Crippen LogP contribution in [-0.2, 0) is 12.7 Å². The van der Waals surface area contributed by atoms with Gasteiger partial charge in [0, 0.05) is 48.5 Å². The van der Waals surface area contributed by atoms with Gasteiger partial charge in [-0.3, -0.25) is 9.78 Å². The second-order valence-electron chi connectivity index (χ2n) is 7.47. The van der Waals surface area contributed by atoms with Gasteiger partial charge in [-0.1, -0.05) is 29.8 Å². The zero-order valence-corrected chi connectivity index (χ0v) is 19.8. The van der Waals surface area contributed by atoms with E-state index in [-0.39, 0.29) is 52.8 Å². The number of rotatable bonds is 9. The molecule has 3 rings (SSSR count). The number of aliphatic hydroxyl groups excluding tert-OH is 1. The lowest BCUT2D eigenvalue weighted by atomic mass is 9.98. The summed E-state index contributed by atoms with van der Waals surface area (Å²) in [6, 6.07) is 12.1. The summed E-state index contributed by atoms with van der Waals surface area (Å²) in [5.74, 6) is 0.118. The van der Waals surface area contributed by atoms with E-state index in [1.165, 1.54) is 19.2 Å². The maximum Gasteiger partial charge on any atom is 0.433 e. The molecule has 0 radical (unpaired) electrons. The molecular weight excluding hydrogens is 499 g/mol. The molecule has 0 atom stereocenters. The molecular formula is C25H21ClF3N3O4. The number of halogens is 4. The highest BCUT2D eigenvalue weighted by Gasteiger charge is 2.33. The quantitative estimate of drug-likeness (QED) is 0.386. The molecule has 2 N–H and O–H groups in total. The SMILES string of the molecule is COc1ccccc1CNC(=O)c1cc(-c2cnc(C(F)(F)F)cc2C#N)c(Cl)cc1OCCCO. The van der Waals surface area contributed by atoms with Crippen molar-refractivity contribution in [2.75, 3.05) is 20.3 Å². The number of hydrogen-bond donors (Lipinski definition) is 2. The molecule has 188 valence electrons. The molecule has 0 spiro atoms. The van der Waals surface area contributed by atoms with E-state index in [0.29, 0.717) is 23.8 Å². The molecule has 1 heterocycles. The average Bonchev–Trinajstić information content (AvgIpc) is 2.86. The standard InChI is InChI=1S/C25H21ClF3N3O4/c1-35-21-6-3-2-5-15(21)13-32-24(34)18-10-17(20(26)11-22(18)36-8-4-7-33)19-14-31-23(25(27,28)29)9-16(19)12-30/h2-3,5-6,9-11,14,33H,4,7-8,13H2,1H3,(H,32,34). The number of nitriles is 1. The minimum Gasteiger partial charge on any atom is -0.496 e. The Bertz CT molecular complexity index is 1290. The topological polar surface area (TPSA) is 104 Å². The lowest BCUT2D eigenvalue weighted by Crippen LogP contribution is -2.24. The number of nitrogens with one attached hydrogen (secondary N) is 1. The molecule has 2 aromatic carbocycles. The zero-order valence-electron chi connectivity index (χ0n) is 19.0. The predicted molar refractivity (Wildman–Crippen MR) is 126 cm³/mol. The van der Waals surface area contributed by atoms with Crippen molar-refractivity contribution < 1.29 is 32.5 Å². The van der Waals surface area contributed by atoms with Gasteiger partial charge in [0.15, 0.2) is 0 Å². The van der Waals surface area contributed by atoms with Crippen LogP contribution in [0.1, 0.15) is 33.6 Å². The molecule has 0 saturated heterocycles. The Hall–Kier alpha value is -3.81. The first-order valence-corrected chi connectivity index (χ1v) is 11.0. The van der Waals surface area contributed by atoms with Gasteiger partial charge in [0.1, 0.15) is 17.2 Å². The van der Waals surface area contributed by atoms with Gasteiger partial charge in [-0.15, -0.1) is 0 Å². The van der Waals surface area contributed by atoms with Gasteiger partial charge >= 0.3 is 6.18 Å². The molecule has 0 bridgehead atoms. The van der Waals surface area contributed by atoms with E-state index in [1.807, 2.05) is 0 Å². The molecule has 36 heavy (non-hydrogen) atoms. The number of benzene rings is 2. The number of aromatic nitrogens is 1. The summed E-state index contributed by atoms with van der Waals surface area (Å²) in [7, 11) is 1.50. The van der Waals surface area contributed by atoms with Crippen molar-refractivity contribution in [2.45, 2.75) is 19.1 Å². The number of para-hydroxylation sites is 1. The molecule has 0 aliphatic rings. The summed E-state index contributed by atoms with van der Waals surface area (Å²) in [4.78, 5) is 16.6. The number of methoxy groups -OCH3 is 1. The van der Waals surface area contributed by atoms with Crippen molar-refractivity contribution in [3.63, 3.8) is 0 Å². The minimum atomic E-state index is -4.73. The van der Waals surface area contributed by atoms with E-state index >= 15 is 0 Å². The van der Waals surface area contributed by atoms with Gasteiger partial charge in [0.05, 0.1) is 35.9 Å². The monoisotopic (exact) mass is 519 g/mol. The van der Waals surface area contributed by atoms with Crippen LogP contribution in [0.15, 0.2) is 48.7 Å². The Kier molecular flexibility index (Phi) is 8.74. The number of carbonyl (C=O) groups excluding carboxylic acids is 1. The second-order valence-corrected chi connectivity index (χ2v) is 7.88. The number of alkyl halides is 3. The van der Waals surface area contributed by atoms with Crippen LogP contribution < -0.4 is 14.8 Å². The van der Waals surface area contributed by atoms with Gasteiger partial charge in [-0.05, 0) is 18.2 Å². The highest BCUT2D eigenvalue weighted by molar-refractivity contribution is 6.33. The Morgan fingerprint density at radius 3 is 2.61 bits per heavy atom. The normalized spacial score (nSPS) is 11.0. The van der Waals surface area contributed by atoms with E-state index in [9.17, 15) is 23.2 Å². The summed E-state index contributed by atoms with van der Waals surface area (Å²) in [6.07, 6.45) is -3.55. The molecule has 0 saturated carbocycles. The van der Waals surface area contributed by atoms with Crippen LogP contribution in [0, 0.1) is 11.3 Å². The summed E-state index contributed by atoms with van der Waals surface area (Å²) in [5, 5.41) is 21.3. The second kappa shape index (κ2) is 11.7. The molecule has 1 aromatic heterocycles. The van der Waals surface area contributed by atoms with Crippen LogP contribution in [0.4, 0.5) is 13.2 Å². The first kappa shape index (κ1) is 26.8. The first-order valence-electron chi connectivity index (χ1n) is 10.6. The summed E-state index contributed by atoms with van der Waals surface area (Å²) < 4.78 is 50.1. The third-order valence-electron chi connectivity index (χ3n) is 5.11. The fourth-order valence-electron chi connectivity index (χ4n) is 3.34. The predicted octanol–water partition coefficient (Wildman–Crippen LogP) is 4.99. The maximum atomic E-state index is 13.2. The van der Waals surface area contributed by atoms with Crippen molar-refractivity contribution in [2.24, 2.45) is 0 Å². The fraction of sp³-hybridized carbons (Fsp3) is 0.240. The van der Waals surface area contributed by atoms with Crippen molar-refractivity contribution in [1.82, 2.24) is 10.3 Å². The van der Waals surface area contributed by atoms with E-state index in [1.54, 1.807) is 30.3 Å². The third-order valence-corrected chi connectivity index (χ3v) is 5.42. The van der Waals surface area contributed by atoms with E-state index < -0.39 is 17.8 Å². The lowest BCUT2D eigenvalue weighted by Gasteiger charge is -2.16. The van der Waals surface area contributed by atoms with Crippen LogP contribution >= 0.6 is 11.6 Å². The van der Waals surface area contributed by atoms with Crippen LogP contribution in [-0.4, -0.2) is 36.3 Å². The number of aliphatic hydroxyl groups is 1. The first-order chi connectivity index (χ1) is 17.2. The number of pyridine rings is 1. The molecule has 0 aliphatic carbocycles. The molecule has 1 amide bonds. The summed E-state index contributed by atoms with van der Waals surface area (Å²) in [6.45, 7) is 0.0658. The van der Waals surface area contributed by atoms with Gasteiger partial charge in [0.25, 0.3) is 5.91 Å².